The predicted octanol–water partition coefficient (Wildman–Crippen LogP) is 1.97. The summed E-state index contributed by atoms with van der Waals surface area (Å²) in [4.78, 5) is 11.4. The average molecular weight is 231 g/mol. The van der Waals surface area contributed by atoms with Gasteiger partial charge < -0.3 is 10.4 Å². The van der Waals surface area contributed by atoms with Gasteiger partial charge in [-0.15, -0.1) is 0 Å². The largest absolute Gasteiger partial charge is 0.480 e. The molecule has 0 spiro atoms. The second-order valence-corrected chi connectivity index (χ2v) is 5.16. The van der Waals surface area contributed by atoms with Gasteiger partial charge in [0.25, 0.3) is 0 Å². The molecule has 0 aromatic carbocycles. The molecule has 4 heteroatoms. The van der Waals surface area contributed by atoms with Crippen molar-refractivity contribution >= 4 is 17.7 Å². The molecule has 1 aliphatic carbocycles. The number of carboxylic acid groups (broad SMARTS) is 1. The monoisotopic (exact) mass is 231 g/mol. The molecule has 1 fully saturated rings. The number of aliphatic carboxylic acids is 1. The first-order valence-electron chi connectivity index (χ1n) is 5.64. The van der Waals surface area contributed by atoms with Crippen LogP contribution in [0.25, 0.3) is 0 Å². The number of nitrogens with one attached hydrogen (secondary N) is 1. The second kappa shape index (κ2) is 5.75. The van der Waals surface area contributed by atoms with E-state index in [1.807, 2.05) is 6.92 Å². The maximum Gasteiger partial charge on any atom is 0.324 e. The van der Waals surface area contributed by atoms with Crippen LogP contribution < -0.4 is 5.32 Å². The molecule has 0 heterocycles. The van der Waals surface area contributed by atoms with E-state index in [9.17, 15) is 9.90 Å². The van der Waals surface area contributed by atoms with Crippen molar-refractivity contribution in [3.8, 4) is 0 Å². The van der Waals surface area contributed by atoms with E-state index in [1.165, 1.54) is 0 Å². The van der Waals surface area contributed by atoms with Gasteiger partial charge in [-0.2, -0.15) is 11.8 Å². The van der Waals surface area contributed by atoms with Crippen molar-refractivity contribution in [2.75, 3.05) is 18.6 Å². The molecule has 88 valence electrons. The molecule has 2 atom stereocenters. The van der Waals surface area contributed by atoms with Gasteiger partial charge in [0, 0.05) is 0 Å². The van der Waals surface area contributed by atoms with Crippen LogP contribution in [0.4, 0.5) is 0 Å². The lowest BCUT2D eigenvalue weighted by Gasteiger charge is -2.32. The summed E-state index contributed by atoms with van der Waals surface area (Å²) < 4.78 is 0. The van der Waals surface area contributed by atoms with E-state index in [0.717, 1.165) is 38.0 Å². The number of likely N-dealkylation sites (N-methyl/N-ethyl adjacent to an activating group) is 1. The number of rotatable bonds is 6. The highest BCUT2D eigenvalue weighted by atomic mass is 32.2. The summed E-state index contributed by atoms with van der Waals surface area (Å²) in [6.45, 7) is 2.72. The molecule has 0 aromatic heterocycles. The van der Waals surface area contributed by atoms with Gasteiger partial charge in [-0.3, -0.25) is 4.79 Å². The first kappa shape index (κ1) is 12.8. The molecule has 1 rings (SSSR count). The number of hydrogen-bond donors (Lipinski definition) is 2. The van der Waals surface area contributed by atoms with Gasteiger partial charge in [-0.1, -0.05) is 13.3 Å². The molecule has 0 aliphatic heterocycles. The number of carboxylic acids is 1. The minimum absolute atomic E-state index is 0.308. The highest BCUT2D eigenvalue weighted by Crippen LogP contribution is 2.38. The van der Waals surface area contributed by atoms with E-state index in [-0.39, 0.29) is 0 Å². The Balaban J connectivity index is 2.70. The fraction of sp³-hybridized carbons (Fsp3) is 0.909. The van der Waals surface area contributed by atoms with Crippen LogP contribution in [0.15, 0.2) is 0 Å². The highest BCUT2D eigenvalue weighted by molar-refractivity contribution is 7.98. The number of hydrogen-bond acceptors (Lipinski definition) is 3. The van der Waals surface area contributed by atoms with E-state index < -0.39 is 11.5 Å². The molecule has 3 nitrogen and oxygen atoms in total. The molecule has 1 saturated carbocycles. The smallest absolute Gasteiger partial charge is 0.324 e. The lowest BCUT2D eigenvalue weighted by molar-refractivity contribution is -0.146. The molecule has 0 amide bonds. The summed E-state index contributed by atoms with van der Waals surface area (Å²) in [6, 6.07) is 0. The van der Waals surface area contributed by atoms with Gasteiger partial charge in [0.15, 0.2) is 0 Å². The Hall–Kier alpha value is -0.220. The van der Waals surface area contributed by atoms with Gasteiger partial charge in [-0.05, 0) is 43.7 Å². The van der Waals surface area contributed by atoms with Gasteiger partial charge >= 0.3 is 5.97 Å². The fourth-order valence-corrected chi connectivity index (χ4v) is 3.15. The van der Waals surface area contributed by atoms with E-state index in [4.69, 9.17) is 0 Å². The highest BCUT2D eigenvalue weighted by Gasteiger charge is 2.47. The average Bonchev–Trinajstić information content (AvgIpc) is 2.60. The molecule has 1 aliphatic rings. The van der Waals surface area contributed by atoms with Gasteiger partial charge in [0.1, 0.15) is 5.54 Å². The lowest BCUT2D eigenvalue weighted by atomic mass is 9.85. The van der Waals surface area contributed by atoms with Crippen LogP contribution in [-0.4, -0.2) is 35.2 Å². The quantitative estimate of drug-likeness (QED) is 0.734. The maximum absolute atomic E-state index is 11.4. The zero-order chi connectivity index (χ0) is 11.3. The number of carbonyl (C=O) groups is 1. The summed E-state index contributed by atoms with van der Waals surface area (Å²) >= 11 is 1.80. The summed E-state index contributed by atoms with van der Waals surface area (Å²) in [5.74, 6) is 0.709. The Morgan fingerprint density at radius 3 is 2.93 bits per heavy atom. The van der Waals surface area contributed by atoms with Gasteiger partial charge in [0.05, 0.1) is 0 Å². The van der Waals surface area contributed by atoms with Crippen molar-refractivity contribution in [1.29, 1.82) is 0 Å². The van der Waals surface area contributed by atoms with Crippen molar-refractivity contribution in [2.45, 2.75) is 38.1 Å². The van der Waals surface area contributed by atoms with Crippen LogP contribution in [0.5, 0.6) is 0 Å². The van der Waals surface area contributed by atoms with Crippen LogP contribution in [-0.2, 0) is 4.79 Å². The summed E-state index contributed by atoms with van der Waals surface area (Å²) in [7, 11) is 0. The third-order valence-electron chi connectivity index (χ3n) is 3.36. The zero-order valence-corrected chi connectivity index (χ0v) is 10.4. The minimum Gasteiger partial charge on any atom is -0.480 e. The Kier molecular flexibility index (Phi) is 4.93. The Labute approximate surface area is 96.0 Å². The molecule has 0 radical (unpaired) electrons. The predicted molar refractivity (Wildman–Crippen MR) is 64.4 cm³/mol. The van der Waals surface area contributed by atoms with Crippen molar-refractivity contribution < 1.29 is 9.90 Å². The SMILES string of the molecule is CCNC1(C(=O)O)CCCC1CCSC. The summed E-state index contributed by atoms with van der Waals surface area (Å²) in [5.41, 5.74) is -0.634. The minimum atomic E-state index is -0.659. The standard InChI is InChI=1S/C11H21NO2S/c1-3-12-11(10(13)14)7-4-5-9(11)6-8-15-2/h9,12H,3-8H2,1-2H3,(H,13,14). The fourth-order valence-electron chi connectivity index (χ4n) is 2.63. The van der Waals surface area contributed by atoms with Crippen LogP contribution in [0.3, 0.4) is 0 Å². The van der Waals surface area contributed by atoms with Crippen LogP contribution >= 0.6 is 11.8 Å². The summed E-state index contributed by atoms with van der Waals surface area (Å²) in [5, 5.41) is 12.6. The topological polar surface area (TPSA) is 49.3 Å². The Morgan fingerprint density at radius 2 is 2.40 bits per heavy atom. The third kappa shape index (κ3) is 2.67. The Morgan fingerprint density at radius 1 is 1.67 bits per heavy atom. The lowest BCUT2D eigenvalue weighted by Crippen LogP contribution is -2.54. The number of thioether (sulfide) groups is 1. The molecule has 15 heavy (non-hydrogen) atoms. The van der Waals surface area contributed by atoms with Crippen molar-refractivity contribution in [3.63, 3.8) is 0 Å². The maximum atomic E-state index is 11.4. The third-order valence-corrected chi connectivity index (χ3v) is 4.01. The second-order valence-electron chi connectivity index (χ2n) is 4.18. The first-order chi connectivity index (χ1) is 7.17. The molecule has 2 unspecified atom stereocenters. The molecular weight excluding hydrogens is 210 g/mol. The molecule has 0 bridgehead atoms. The summed E-state index contributed by atoms with van der Waals surface area (Å²) in [6.07, 6.45) is 5.97. The van der Waals surface area contributed by atoms with Gasteiger partial charge in [0.2, 0.25) is 0 Å². The molecule has 2 N–H and O–H groups in total. The van der Waals surface area contributed by atoms with Crippen LogP contribution in [0.1, 0.15) is 32.6 Å². The Bertz CT molecular complexity index is 223. The van der Waals surface area contributed by atoms with Crippen LogP contribution in [0, 0.1) is 5.92 Å². The van der Waals surface area contributed by atoms with Crippen molar-refractivity contribution in [1.82, 2.24) is 5.32 Å². The normalized spacial score (nSPS) is 30.7. The molecular formula is C11H21NO2S. The van der Waals surface area contributed by atoms with Crippen molar-refractivity contribution in [2.24, 2.45) is 5.92 Å². The van der Waals surface area contributed by atoms with E-state index in [0.29, 0.717) is 5.92 Å². The molecule has 0 saturated heterocycles. The van der Waals surface area contributed by atoms with E-state index in [1.54, 1.807) is 11.8 Å². The first-order valence-corrected chi connectivity index (χ1v) is 7.04. The van der Waals surface area contributed by atoms with E-state index in [2.05, 4.69) is 11.6 Å². The van der Waals surface area contributed by atoms with Crippen LogP contribution in [0.2, 0.25) is 0 Å². The van der Waals surface area contributed by atoms with E-state index >= 15 is 0 Å². The zero-order valence-electron chi connectivity index (χ0n) is 9.58. The molecule has 0 aromatic rings. The van der Waals surface area contributed by atoms with Gasteiger partial charge in [-0.25, -0.2) is 0 Å². The van der Waals surface area contributed by atoms with Crippen molar-refractivity contribution in [3.05, 3.63) is 0 Å².